The van der Waals surface area contributed by atoms with Crippen molar-refractivity contribution in [2.75, 3.05) is 0 Å². The number of carboxylic acids is 1. The summed E-state index contributed by atoms with van der Waals surface area (Å²) < 4.78 is 0. The molecule has 0 amide bonds. The summed E-state index contributed by atoms with van der Waals surface area (Å²) in [5.41, 5.74) is 0. The van der Waals surface area contributed by atoms with Crippen LogP contribution in [0.5, 0.6) is 0 Å². The Morgan fingerprint density at radius 1 is 1.27 bits per heavy atom. The molecule has 0 heterocycles. The van der Waals surface area contributed by atoms with Gasteiger partial charge in [0.2, 0.25) is 0 Å². The third-order valence-electron chi connectivity index (χ3n) is 0.994. The van der Waals surface area contributed by atoms with Crippen molar-refractivity contribution >= 4 is 29.0 Å². The molecule has 5 heteroatoms. The zero-order valence-electron chi connectivity index (χ0n) is 6.65. The second-order valence-corrected chi connectivity index (χ2v) is 1.85. The quantitative estimate of drug-likeness (QED) is 0.418. The molecule has 0 saturated heterocycles. The van der Waals surface area contributed by atoms with E-state index in [0.717, 1.165) is 19.3 Å². The Bertz CT molecular complexity index is 81.0. The second-order valence-electron chi connectivity index (χ2n) is 1.85. The first-order chi connectivity index (χ1) is 3.77. The average Bonchev–Trinajstić information content (AvgIpc) is 1.66. The third-order valence-corrected chi connectivity index (χ3v) is 0.994. The topological polar surface area (TPSA) is 37.3 Å². The molecule has 0 bridgehead atoms. The van der Waals surface area contributed by atoms with Crippen LogP contribution in [0.15, 0.2) is 0 Å². The summed E-state index contributed by atoms with van der Waals surface area (Å²) in [6.07, 6.45) is 3.28. The molecule has 0 aliphatic rings. The summed E-state index contributed by atoms with van der Waals surface area (Å²) in [5, 5.41) is 8.14. The maximum atomic E-state index is 9.87. The van der Waals surface area contributed by atoms with Crippen LogP contribution in [0.3, 0.4) is 0 Å². The zero-order valence-corrected chi connectivity index (χ0v) is 11.2. The van der Waals surface area contributed by atoms with E-state index in [9.17, 15) is 4.79 Å². The number of unbranched alkanes of at least 4 members (excludes halogenated alkanes) is 2. The molecule has 0 aromatic rings. The van der Waals surface area contributed by atoms with Crippen molar-refractivity contribution in [2.45, 2.75) is 32.6 Å². The van der Waals surface area contributed by atoms with Crippen molar-refractivity contribution < 1.29 is 43.9 Å². The van der Waals surface area contributed by atoms with Gasteiger partial charge < -0.3 is 39.1 Å². The van der Waals surface area contributed by atoms with E-state index < -0.39 is 5.97 Å². The summed E-state index contributed by atoms with van der Waals surface area (Å²) in [4.78, 5) is 9.87. The van der Waals surface area contributed by atoms with Crippen LogP contribution in [0.2, 0.25) is 0 Å². The fourth-order valence-corrected chi connectivity index (χ4v) is 0.526. The van der Waals surface area contributed by atoms with Gasteiger partial charge in [-0.25, -0.2) is 0 Å². The predicted molar refractivity (Wildman–Crippen MR) is 37.5 cm³/mol. The molecule has 0 atom stereocenters. The van der Waals surface area contributed by atoms with Gasteiger partial charge in [-0.2, -0.15) is 0 Å². The van der Waals surface area contributed by atoms with Gasteiger partial charge >= 0.3 is 29.0 Å². The van der Waals surface area contributed by atoms with Crippen molar-refractivity contribution in [1.29, 1.82) is 0 Å². The third kappa shape index (κ3) is 24.7. The van der Waals surface area contributed by atoms with Crippen LogP contribution in [0, 0.1) is 0 Å². The Hall–Kier alpha value is 1.20. The molecule has 0 unspecified atom stereocenters. The van der Waals surface area contributed by atoms with Gasteiger partial charge in [-0.05, 0) is 6.42 Å². The van der Waals surface area contributed by atoms with Gasteiger partial charge in [0.25, 0.3) is 0 Å². The number of rotatable bonds is 4. The first kappa shape index (κ1) is 22.8. The molecule has 11 heavy (non-hydrogen) atoms. The monoisotopic (exact) mass is 298 g/mol. The molecular formula is C6H12Br2MgO2. The van der Waals surface area contributed by atoms with Crippen molar-refractivity contribution in [3.05, 3.63) is 0 Å². The number of hydrogen-bond donors (Lipinski definition) is 1. The van der Waals surface area contributed by atoms with E-state index in [0.29, 0.717) is 6.42 Å². The van der Waals surface area contributed by atoms with Crippen molar-refractivity contribution in [3.63, 3.8) is 0 Å². The Balaban J connectivity index is -0.0000000817. The van der Waals surface area contributed by atoms with E-state index in [1.165, 1.54) is 0 Å². The SMILES string of the molecule is CCCCCC(=O)O.[Br-].[Br-].[Mg+2]. The molecule has 0 aromatic carbocycles. The van der Waals surface area contributed by atoms with Crippen LogP contribution in [-0.4, -0.2) is 34.1 Å². The van der Waals surface area contributed by atoms with Gasteiger partial charge in [-0.1, -0.05) is 19.8 Å². The summed E-state index contributed by atoms with van der Waals surface area (Å²) in [7, 11) is 0. The number of carboxylic acid groups (broad SMARTS) is 1. The minimum Gasteiger partial charge on any atom is -1.00 e. The Kier molecular flexibility index (Phi) is 35.8. The van der Waals surface area contributed by atoms with E-state index >= 15 is 0 Å². The fourth-order valence-electron chi connectivity index (χ4n) is 0.526. The Labute approximate surface area is 105 Å². The molecule has 1 N–H and O–H groups in total. The second kappa shape index (κ2) is 17.3. The van der Waals surface area contributed by atoms with Gasteiger partial charge in [-0.15, -0.1) is 0 Å². The van der Waals surface area contributed by atoms with Crippen LogP contribution in [-0.2, 0) is 4.79 Å². The summed E-state index contributed by atoms with van der Waals surface area (Å²) in [6.45, 7) is 2.06. The fraction of sp³-hybridized carbons (Fsp3) is 0.833. The number of aliphatic carboxylic acids is 1. The predicted octanol–water partition coefficient (Wildman–Crippen LogP) is -4.72. The molecule has 0 saturated carbocycles. The Morgan fingerprint density at radius 3 is 2.00 bits per heavy atom. The van der Waals surface area contributed by atoms with E-state index in [2.05, 4.69) is 6.92 Å². The van der Waals surface area contributed by atoms with E-state index in [1.54, 1.807) is 0 Å². The summed E-state index contributed by atoms with van der Waals surface area (Å²) in [6, 6.07) is 0. The minimum atomic E-state index is -0.682. The molecule has 2 nitrogen and oxygen atoms in total. The van der Waals surface area contributed by atoms with Gasteiger partial charge in [0.1, 0.15) is 0 Å². The number of halogens is 2. The van der Waals surface area contributed by atoms with Gasteiger partial charge in [0.15, 0.2) is 0 Å². The molecule has 0 rings (SSSR count). The van der Waals surface area contributed by atoms with Crippen molar-refractivity contribution in [2.24, 2.45) is 0 Å². The molecule has 0 aromatic heterocycles. The molecular weight excluding hydrogens is 288 g/mol. The largest absolute Gasteiger partial charge is 2.00 e. The smallest absolute Gasteiger partial charge is 1.00 e. The maximum absolute atomic E-state index is 9.87. The molecule has 0 radical (unpaired) electrons. The zero-order chi connectivity index (χ0) is 6.41. The molecule has 0 aliphatic carbocycles. The van der Waals surface area contributed by atoms with Crippen LogP contribution in [0.25, 0.3) is 0 Å². The number of hydrogen-bond acceptors (Lipinski definition) is 1. The molecule has 0 fully saturated rings. The van der Waals surface area contributed by atoms with Crippen LogP contribution in [0.1, 0.15) is 32.6 Å². The standard InChI is InChI=1S/C6H12O2.2BrH.Mg/c1-2-3-4-5-6(7)8;;;/h2-5H2,1H3,(H,7,8);2*1H;/q;;;+2/p-2. The van der Waals surface area contributed by atoms with Gasteiger partial charge in [0.05, 0.1) is 0 Å². The first-order valence-corrected chi connectivity index (χ1v) is 2.99. The maximum Gasteiger partial charge on any atom is 2.00 e. The normalized spacial score (nSPS) is 6.64. The summed E-state index contributed by atoms with van der Waals surface area (Å²) in [5.74, 6) is -0.682. The molecule has 0 aliphatic heterocycles. The van der Waals surface area contributed by atoms with E-state index in [1.807, 2.05) is 0 Å². The van der Waals surface area contributed by atoms with Crippen molar-refractivity contribution in [1.82, 2.24) is 0 Å². The number of carbonyl (C=O) groups is 1. The minimum absolute atomic E-state index is 0. The van der Waals surface area contributed by atoms with Crippen LogP contribution in [0.4, 0.5) is 0 Å². The van der Waals surface area contributed by atoms with Crippen LogP contribution < -0.4 is 34.0 Å². The summed E-state index contributed by atoms with van der Waals surface area (Å²) >= 11 is 0. The van der Waals surface area contributed by atoms with Crippen LogP contribution >= 0.6 is 0 Å². The average molecular weight is 300 g/mol. The van der Waals surface area contributed by atoms with Gasteiger partial charge in [-0.3, -0.25) is 4.79 Å². The van der Waals surface area contributed by atoms with Gasteiger partial charge in [0, 0.05) is 6.42 Å². The Morgan fingerprint density at radius 2 is 1.73 bits per heavy atom. The molecule has 0 spiro atoms. The first-order valence-electron chi connectivity index (χ1n) is 2.99. The van der Waals surface area contributed by atoms with E-state index in [4.69, 9.17) is 5.11 Å². The van der Waals surface area contributed by atoms with E-state index in [-0.39, 0.29) is 57.0 Å². The van der Waals surface area contributed by atoms with Crippen molar-refractivity contribution in [3.8, 4) is 0 Å². The molecule has 64 valence electrons.